The number of aliphatic carboxylic acids is 1. The molecule has 9 heteroatoms. The molecule has 0 saturated carbocycles. The van der Waals surface area contributed by atoms with Crippen LogP contribution in [-0.4, -0.2) is 40.5 Å². The molecule has 32 heavy (non-hydrogen) atoms. The van der Waals surface area contributed by atoms with Gasteiger partial charge in [0.2, 0.25) is 0 Å². The van der Waals surface area contributed by atoms with Crippen LogP contribution in [-0.2, 0) is 4.79 Å². The number of hydrogen-bond donors (Lipinski definition) is 4. The quantitative estimate of drug-likeness (QED) is 0.212. The monoisotopic (exact) mass is 451 g/mol. The van der Waals surface area contributed by atoms with Gasteiger partial charge in [-0.05, 0) is 24.0 Å². The Morgan fingerprint density at radius 3 is 2.16 bits per heavy atom. The van der Waals surface area contributed by atoms with Crippen molar-refractivity contribution in [3.8, 4) is 0 Å². The SMILES string of the molecule is NC(N)=NCCCC(NC(=O)c1cnc(C(c2ccccc2)c2ccccc2)s1)C(=O)O. The lowest BCUT2D eigenvalue weighted by molar-refractivity contribution is -0.139. The van der Waals surface area contributed by atoms with Gasteiger partial charge in [0.15, 0.2) is 5.96 Å². The van der Waals surface area contributed by atoms with Crippen LogP contribution in [0.1, 0.15) is 44.6 Å². The van der Waals surface area contributed by atoms with Crippen molar-refractivity contribution in [2.24, 2.45) is 16.5 Å². The molecule has 8 nitrogen and oxygen atoms in total. The van der Waals surface area contributed by atoms with Crippen molar-refractivity contribution < 1.29 is 14.7 Å². The Bertz CT molecular complexity index is 1030. The van der Waals surface area contributed by atoms with Gasteiger partial charge in [-0.1, -0.05) is 60.7 Å². The molecular weight excluding hydrogens is 426 g/mol. The number of thiazole rings is 1. The average molecular weight is 452 g/mol. The maximum atomic E-state index is 12.7. The molecular formula is C23H25N5O3S. The zero-order valence-electron chi connectivity index (χ0n) is 17.3. The highest BCUT2D eigenvalue weighted by atomic mass is 32.1. The number of nitrogens with zero attached hydrogens (tertiary/aromatic N) is 2. The molecule has 0 aliphatic heterocycles. The van der Waals surface area contributed by atoms with Gasteiger partial charge in [0.25, 0.3) is 5.91 Å². The van der Waals surface area contributed by atoms with Crippen molar-refractivity contribution in [3.05, 3.63) is 87.9 Å². The number of carbonyl (C=O) groups is 2. The first kappa shape index (κ1) is 23.0. The van der Waals surface area contributed by atoms with Crippen molar-refractivity contribution in [1.29, 1.82) is 0 Å². The molecule has 1 heterocycles. The summed E-state index contributed by atoms with van der Waals surface area (Å²) in [5, 5.41) is 12.8. The van der Waals surface area contributed by atoms with Crippen LogP contribution in [0.5, 0.6) is 0 Å². The number of nitrogens with two attached hydrogens (primary N) is 2. The van der Waals surface area contributed by atoms with E-state index in [1.165, 1.54) is 17.5 Å². The van der Waals surface area contributed by atoms with E-state index >= 15 is 0 Å². The van der Waals surface area contributed by atoms with Gasteiger partial charge in [0, 0.05) is 6.54 Å². The zero-order valence-corrected chi connectivity index (χ0v) is 18.2. The van der Waals surface area contributed by atoms with E-state index in [2.05, 4.69) is 15.3 Å². The number of aliphatic imine (C=N–C) groups is 1. The van der Waals surface area contributed by atoms with Crippen molar-refractivity contribution in [2.75, 3.05) is 6.54 Å². The number of hydrogen-bond acceptors (Lipinski definition) is 5. The molecule has 2 aromatic carbocycles. The normalized spacial score (nSPS) is 11.7. The topological polar surface area (TPSA) is 144 Å². The van der Waals surface area contributed by atoms with Crippen LogP contribution < -0.4 is 16.8 Å². The summed E-state index contributed by atoms with van der Waals surface area (Å²) in [6, 6.07) is 18.8. The number of rotatable bonds is 10. The summed E-state index contributed by atoms with van der Waals surface area (Å²) in [5.41, 5.74) is 12.7. The third-order valence-electron chi connectivity index (χ3n) is 4.81. The first-order valence-electron chi connectivity index (χ1n) is 10.1. The van der Waals surface area contributed by atoms with Gasteiger partial charge >= 0.3 is 5.97 Å². The molecule has 1 aromatic heterocycles. The number of benzene rings is 2. The molecule has 0 bridgehead atoms. The minimum atomic E-state index is -1.11. The number of carbonyl (C=O) groups excluding carboxylic acids is 1. The van der Waals surface area contributed by atoms with E-state index in [1.54, 1.807) is 0 Å². The number of aromatic nitrogens is 1. The van der Waals surface area contributed by atoms with Crippen LogP contribution in [0.4, 0.5) is 0 Å². The Hall–Kier alpha value is -3.72. The molecule has 0 radical (unpaired) electrons. The molecule has 166 valence electrons. The largest absolute Gasteiger partial charge is 0.480 e. The minimum absolute atomic E-state index is 0.0514. The second-order valence-electron chi connectivity index (χ2n) is 7.13. The number of carboxylic acids is 1. The Morgan fingerprint density at radius 2 is 1.62 bits per heavy atom. The summed E-state index contributed by atoms with van der Waals surface area (Å²) in [6.45, 7) is 0.294. The smallest absolute Gasteiger partial charge is 0.326 e. The van der Waals surface area contributed by atoms with Crippen molar-refractivity contribution in [2.45, 2.75) is 24.8 Å². The molecule has 1 atom stereocenters. The summed E-state index contributed by atoms with van der Waals surface area (Å²) in [6.07, 6.45) is 2.12. The van der Waals surface area contributed by atoms with E-state index in [4.69, 9.17) is 11.5 Å². The maximum Gasteiger partial charge on any atom is 0.326 e. The van der Waals surface area contributed by atoms with Gasteiger partial charge in [-0.3, -0.25) is 9.79 Å². The Morgan fingerprint density at radius 1 is 1.03 bits per heavy atom. The minimum Gasteiger partial charge on any atom is -0.480 e. The fourth-order valence-corrected chi connectivity index (χ4v) is 4.26. The highest BCUT2D eigenvalue weighted by Gasteiger charge is 2.24. The van der Waals surface area contributed by atoms with Crippen molar-refractivity contribution in [3.63, 3.8) is 0 Å². The van der Waals surface area contributed by atoms with E-state index in [1.807, 2.05) is 60.7 Å². The van der Waals surface area contributed by atoms with Gasteiger partial charge in [-0.15, -0.1) is 11.3 Å². The van der Waals surface area contributed by atoms with Crippen LogP contribution in [0.2, 0.25) is 0 Å². The lowest BCUT2D eigenvalue weighted by Crippen LogP contribution is -2.40. The van der Waals surface area contributed by atoms with Crippen LogP contribution >= 0.6 is 11.3 Å². The van der Waals surface area contributed by atoms with E-state index in [-0.39, 0.29) is 18.3 Å². The summed E-state index contributed by atoms with van der Waals surface area (Å²) < 4.78 is 0. The summed E-state index contributed by atoms with van der Waals surface area (Å²) in [7, 11) is 0. The van der Waals surface area contributed by atoms with Crippen LogP contribution in [0.15, 0.2) is 71.9 Å². The molecule has 6 N–H and O–H groups in total. The van der Waals surface area contributed by atoms with Gasteiger partial charge in [-0.25, -0.2) is 9.78 Å². The van der Waals surface area contributed by atoms with Gasteiger partial charge in [0.05, 0.1) is 12.1 Å². The fourth-order valence-electron chi connectivity index (χ4n) is 3.28. The molecule has 3 rings (SSSR count). The second kappa shape index (κ2) is 11.1. The van der Waals surface area contributed by atoms with Crippen LogP contribution in [0.25, 0.3) is 0 Å². The van der Waals surface area contributed by atoms with E-state index in [0.29, 0.717) is 17.8 Å². The Labute approximate surface area is 190 Å². The predicted octanol–water partition coefficient (Wildman–Crippen LogP) is 2.56. The number of carboxylic acid groups (broad SMARTS) is 1. The number of guanidine groups is 1. The summed E-state index contributed by atoms with van der Waals surface area (Å²) in [4.78, 5) is 33.0. The van der Waals surface area contributed by atoms with E-state index in [9.17, 15) is 14.7 Å². The lowest BCUT2D eigenvalue weighted by atomic mass is 9.92. The molecule has 1 amide bonds. The van der Waals surface area contributed by atoms with Crippen molar-refractivity contribution in [1.82, 2.24) is 10.3 Å². The highest BCUT2D eigenvalue weighted by molar-refractivity contribution is 7.13. The first-order valence-corrected chi connectivity index (χ1v) is 10.9. The molecule has 0 fully saturated rings. The molecule has 0 aliphatic rings. The fraction of sp³-hybridized carbons (Fsp3) is 0.217. The van der Waals surface area contributed by atoms with Gasteiger partial charge in [-0.2, -0.15) is 0 Å². The summed E-state index contributed by atoms with van der Waals surface area (Å²) >= 11 is 1.25. The average Bonchev–Trinajstić information content (AvgIpc) is 3.27. The van der Waals surface area contributed by atoms with E-state index < -0.39 is 17.9 Å². The Kier molecular flexibility index (Phi) is 7.93. The van der Waals surface area contributed by atoms with Gasteiger partial charge < -0.3 is 21.9 Å². The second-order valence-corrected chi connectivity index (χ2v) is 8.19. The third kappa shape index (κ3) is 6.14. The highest BCUT2D eigenvalue weighted by Crippen LogP contribution is 2.34. The molecule has 1 unspecified atom stereocenters. The number of amides is 1. The maximum absolute atomic E-state index is 12.7. The zero-order chi connectivity index (χ0) is 22.9. The molecule has 0 saturated heterocycles. The van der Waals surface area contributed by atoms with Crippen molar-refractivity contribution >= 4 is 29.2 Å². The third-order valence-corrected chi connectivity index (χ3v) is 5.87. The molecule has 0 spiro atoms. The first-order chi connectivity index (χ1) is 15.5. The number of nitrogens with one attached hydrogen (secondary N) is 1. The molecule has 0 aliphatic carbocycles. The predicted molar refractivity (Wildman–Crippen MR) is 125 cm³/mol. The molecule has 3 aromatic rings. The van der Waals surface area contributed by atoms with Crippen LogP contribution in [0.3, 0.4) is 0 Å². The standard InChI is InChI=1S/C23H25N5O3S/c24-23(25)26-13-7-12-17(22(30)31)28-20(29)18-14-27-21(32-18)19(15-8-3-1-4-9-15)16-10-5-2-6-11-16/h1-6,8-11,14,17,19H,7,12-13H2,(H,28,29)(H,30,31)(H4,24,25,26). The van der Waals surface area contributed by atoms with Crippen LogP contribution in [0, 0.1) is 0 Å². The van der Waals surface area contributed by atoms with E-state index in [0.717, 1.165) is 16.1 Å². The Balaban J connectivity index is 1.77. The lowest BCUT2D eigenvalue weighted by Gasteiger charge is -2.15. The summed E-state index contributed by atoms with van der Waals surface area (Å²) in [5.74, 6) is -1.76. The van der Waals surface area contributed by atoms with Gasteiger partial charge in [0.1, 0.15) is 15.9 Å².